The molecule has 0 aromatic heterocycles. The fourth-order valence-corrected chi connectivity index (χ4v) is 2.99. The molecule has 0 aliphatic carbocycles. The summed E-state index contributed by atoms with van der Waals surface area (Å²) in [4.78, 5) is 33.9. The summed E-state index contributed by atoms with van der Waals surface area (Å²) < 4.78 is 0. The third-order valence-electron chi connectivity index (χ3n) is 3.54. The maximum absolute atomic E-state index is 12.2. The van der Waals surface area contributed by atoms with Gasteiger partial charge in [-0.2, -0.15) is 0 Å². The molecule has 8 heteroatoms. The maximum Gasteiger partial charge on any atom is 0.303 e. The van der Waals surface area contributed by atoms with Crippen molar-refractivity contribution >= 4 is 52.5 Å². The van der Waals surface area contributed by atoms with Crippen LogP contribution in [0, 0.1) is 0 Å². The van der Waals surface area contributed by atoms with Crippen LogP contribution in [0.1, 0.15) is 33.6 Å². The topological polar surface area (TPSA) is 95.5 Å². The van der Waals surface area contributed by atoms with Crippen LogP contribution in [0.2, 0.25) is 5.02 Å². The number of hydrogen-bond donors (Lipinski definition) is 3. The summed E-state index contributed by atoms with van der Waals surface area (Å²) in [6, 6.07) is 14.5. The Morgan fingerprint density at radius 3 is 2.14 bits per heavy atom. The van der Waals surface area contributed by atoms with E-state index in [-0.39, 0.29) is 23.5 Å². The molecule has 2 rings (SSSR count). The summed E-state index contributed by atoms with van der Waals surface area (Å²) in [5, 5.41) is 13.7. The average molecular weight is 437 g/mol. The van der Waals surface area contributed by atoms with Gasteiger partial charge in [-0.15, -0.1) is 11.8 Å². The molecule has 0 heterocycles. The first kappa shape index (κ1) is 24.5. The van der Waals surface area contributed by atoms with E-state index in [0.717, 1.165) is 10.6 Å². The number of halogens is 1. The molecular weight excluding hydrogens is 412 g/mol. The molecule has 2 aromatic carbocycles. The minimum absolute atomic E-state index is 0.0235. The predicted octanol–water partition coefficient (Wildman–Crippen LogP) is 5.29. The third-order valence-corrected chi connectivity index (χ3v) is 4.88. The van der Waals surface area contributed by atoms with Gasteiger partial charge in [0.1, 0.15) is 0 Å². The number of rotatable bonds is 7. The monoisotopic (exact) mass is 436 g/mol. The third kappa shape index (κ3) is 10.0. The second-order valence-corrected chi connectivity index (χ2v) is 7.78. The van der Waals surface area contributed by atoms with Crippen molar-refractivity contribution in [2.24, 2.45) is 0 Å². The average Bonchev–Trinajstić information content (AvgIpc) is 2.69. The lowest BCUT2D eigenvalue weighted by Crippen LogP contribution is -2.22. The standard InChI is InChI=1S/C18H19ClN2O2S.C3H6O2/c1-3-17(22)20-14-7-9-16(10-8-14)24-12(2)18(23)21-15-6-4-5-13(19)11-15;1-2-3(4)5/h4-12H,3H2,1-2H3,(H,20,22)(H,21,23);2H2,1H3,(H,4,5). The van der Waals surface area contributed by atoms with Crippen LogP contribution in [0.5, 0.6) is 0 Å². The minimum Gasteiger partial charge on any atom is -0.481 e. The van der Waals surface area contributed by atoms with Gasteiger partial charge in [0.05, 0.1) is 5.25 Å². The van der Waals surface area contributed by atoms with Gasteiger partial charge in [0.2, 0.25) is 11.8 Å². The number of carbonyl (C=O) groups excluding carboxylic acids is 2. The van der Waals surface area contributed by atoms with Gasteiger partial charge in [0.25, 0.3) is 0 Å². The van der Waals surface area contributed by atoms with Gasteiger partial charge >= 0.3 is 5.97 Å². The van der Waals surface area contributed by atoms with Gasteiger partial charge in [0, 0.05) is 34.1 Å². The summed E-state index contributed by atoms with van der Waals surface area (Å²) in [7, 11) is 0. The lowest BCUT2D eigenvalue weighted by molar-refractivity contribution is -0.136. The number of anilines is 2. The Kier molecular flexibility index (Phi) is 10.9. The number of carbonyl (C=O) groups is 3. The first-order valence-corrected chi connectivity index (χ1v) is 10.4. The molecule has 29 heavy (non-hydrogen) atoms. The van der Waals surface area contributed by atoms with Crippen LogP contribution in [0.3, 0.4) is 0 Å². The number of carboxylic acid groups (broad SMARTS) is 1. The summed E-state index contributed by atoms with van der Waals surface area (Å²) in [6.45, 7) is 5.25. The molecule has 0 aliphatic heterocycles. The second-order valence-electron chi connectivity index (χ2n) is 5.93. The van der Waals surface area contributed by atoms with E-state index in [9.17, 15) is 14.4 Å². The van der Waals surface area contributed by atoms with Crippen LogP contribution in [-0.2, 0) is 14.4 Å². The SMILES string of the molecule is CCC(=O)Nc1ccc(SC(C)C(=O)Nc2cccc(Cl)c2)cc1.CCC(=O)O. The fraction of sp³-hybridized carbons (Fsp3) is 0.286. The van der Waals surface area contributed by atoms with Crippen LogP contribution >= 0.6 is 23.4 Å². The number of hydrogen-bond acceptors (Lipinski definition) is 4. The number of thioether (sulfide) groups is 1. The largest absolute Gasteiger partial charge is 0.481 e. The normalized spacial score (nSPS) is 10.9. The van der Waals surface area contributed by atoms with Gasteiger partial charge in [-0.1, -0.05) is 31.5 Å². The highest BCUT2D eigenvalue weighted by Gasteiger charge is 2.14. The van der Waals surface area contributed by atoms with E-state index in [0.29, 0.717) is 17.1 Å². The summed E-state index contributed by atoms with van der Waals surface area (Å²) in [5.41, 5.74) is 1.43. The maximum atomic E-state index is 12.2. The number of amides is 2. The van der Waals surface area contributed by atoms with E-state index in [1.807, 2.05) is 31.2 Å². The lowest BCUT2D eigenvalue weighted by Gasteiger charge is -2.12. The quantitative estimate of drug-likeness (QED) is 0.512. The van der Waals surface area contributed by atoms with Crippen molar-refractivity contribution in [3.05, 3.63) is 53.6 Å². The van der Waals surface area contributed by atoms with Gasteiger partial charge in [-0.3, -0.25) is 14.4 Å². The molecule has 0 radical (unpaired) electrons. The Balaban J connectivity index is 0.000000749. The zero-order valence-corrected chi connectivity index (χ0v) is 18.1. The second kappa shape index (κ2) is 12.9. The van der Waals surface area contributed by atoms with Crippen molar-refractivity contribution in [3.8, 4) is 0 Å². The Bertz CT molecular complexity index is 828. The highest BCUT2D eigenvalue weighted by atomic mass is 35.5. The molecule has 1 unspecified atom stereocenters. The highest BCUT2D eigenvalue weighted by Crippen LogP contribution is 2.26. The molecule has 6 nitrogen and oxygen atoms in total. The van der Waals surface area contributed by atoms with Crippen LogP contribution in [0.25, 0.3) is 0 Å². The molecule has 0 bridgehead atoms. The van der Waals surface area contributed by atoms with Crippen molar-refractivity contribution in [1.29, 1.82) is 0 Å². The smallest absolute Gasteiger partial charge is 0.303 e. The van der Waals surface area contributed by atoms with Crippen molar-refractivity contribution in [3.63, 3.8) is 0 Å². The molecule has 0 fully saturated rings. The van der Waals surface area contributed by atoms with Crippen LogP contribution in [-0.4, -0.2) is 28.1 Å². The molecule has 2 aromatic rings. The first-order valence-electron chi connectivity index (χ1n) is 9.09. The number of benzene rings is 2. The van der Waals surface area contributed by atoms with Gasteiger partial charge in [0.15, 0.2) is 0 Å². The van der Waals surface area contributed by atoms with Crippen LogP contribution in [0.15, 0.2) is 53.4 Å². The van der Waals surface area contributed by atoms with E-state index in [2.05, 4.69) is 10.6 Å². The van der Waals surface area contributed by atoms with E-state index in [1.165, 1.54) is 11.8 Å². The molecule has 0 spiro atoms. The highest BCUT2D eigenvalue weighted by molar-refractivity contribution is 8.00. The Hall–Kier alpha value is -2.51. The van der Waals surface area contributed by atoms with E-state index >= 15 is 0 Å². The lowest BCUT2D eigenvalue weighted by atomic mass is 10.3. The van der Waals surface area contributed by atoms with Gasteiger partial charge in [-0.25, -0.2) is 0 Å². The van der Waals surface area contributed by atoms with Crippen LogP contribution < -0.4 is 10.6 Å². The van der Waals surface area contributed by atoms with Gasteiger partial charge < -0.3 is 15.7 Å². The van der Waals surface area contributed by atoms with Gasteiger partial charge in [-0.05, 0) is 49.4 Å². The minimum atomic E-state index is -0.745. The number of carboxylic acids is 1. The summed E-state index contributed by atoms with van der Waals surface area (Å²) >= 11 is 7.36. The zero-order valence-electron chi connectivity index (χ0n) is 16.6. The number of aliphatic carboxylic acids is 1. The molecular formula is C21H25ClN2O4S. The number of nitrogens with one attached hydrogen (secondary N) is 2. The molecule has 3 N–H and O–H groups in total. The molecule has 0 aliphatic rings. The van der Waals surface area contributed by atoms with E-state index < -0.39 is 5.97 Å². The Labute approximate surface area is 180 Å². The Morgan fingerprint density at radius 1 is 1.00 bits per heavy atom. The molecule has 0 saturated carbocycles. The molecule has 156 valence electrons. The van der Waals surface area contributed by atoms with Crippen molar-refractivity contribution in [2.45, 2.75) is 43.8 Å². The Morgan fingerprint density at radius 2 is 1.62 bits per heavy atom. The molecule has 1 atom stereocenters. The first-order chi connectivity index (χ1) is 13.7. The fourth-order valence-electron chi connectivity index (χ4n) is 1.93. The van der Waals surface area contributed by atoms with E-state index in [1.54, 1.807) is 38.1 Å². The molecule has 0 saturated heterocycles. The summed E-state index contributed by atoms with van der Waals surface area (Å²) in [6.07, 6.45) is 0.664. The summed E-state index contributed by atoms with van der Waals surface area (Å²) in [5.74, 6) is -0.861. The van der Waals surface area contributed by atoms with Crippen molar-refractivity contribution < 1.29 is 19.5 Å². The molecule has 2 amide bonds. The predicted molar refractivity (Wildman–Crippen MR) is 119 cm³/mol. The van der Waals surface area contributed by atoms with Crippen molar-refractivity contribution in [2.75, 3.05) is 10.6 Å². The van der Waals surface area contributed by atoms with Crippen LogP contribution in [0.4, 0.5) is 11.4 Å². The van der Waals surface area contributed by atoms with E-state index in [4.69, 9.17) is 16.7 Å². The zero-order chi connectivity index (χ0) is 21.8. The van der Waals surface area contributed by atoms with Crippen molar-refractivity contribution in [1.82, 2.24) is 0 Å².